The van der Waals surface area contributed by atoms with Crippen LogP contribution >= 0.6 is 0 Å². The van der Waals surface area contributed by atoms with Gasteiger partial charge in [-0.05, 0) is 115 Å². The lowest BCUT2D eigenvalue weighted by molar-refractivity contribution is 1.17. The van der Waals surface area contributed by atoms with Crippen LogP contribution in [0.5, 0.6) is 0 Å². The average molecular weight is 805 g/mol. The van der Waals surface area contributed by atoms with Crippen LogP contribution in [0.25, 0.3) is 49.5 Å². The van der Waals surface area contributed by atoms with Crippen LogP contribution in [0.2, 0.25) is 0 Å². The van der Waals surface area contributed by atoms with Crippen molar-refractivity contribution in [2.45, 2.75) is 0 Å². The predicted molar refractivity (Wildman–Crippen MR) is 263 cm³/mol. The van der Waals surface area contributed by atoms with Gasteiger partial charge in [0.1, 0.15) is 0 Å². The van der Waals surface area contributed by atoms with Crippen LogP contribution in [0.3, 0.4) is 0 Å². The Kier molecular flexibility index (Phi) is 9.74. The Morgan fingerprint density at radius 1 is 0.349 bits per heavy atom. The summed E-state index contributed by atoms with van der Waals surface area (Å²) in [5, 5.41) is 3.38. The third kappa shape index (κ3) is 7.04. The maximum absolute atomic E-state index is 4.77. The summed E-state index contributed by atoms with van der Waals surface area (Å²) in [6.07, 6.45) is 1.86. The van der Waals surface area contributed by atoms with Crippen molar-refractivity contribution >= 4 is 66.8 Å². The van der Waals surface area contributed by atoms with Gasteiger partial charge in [-0.25, -0.2) is 0 Å². The number of para-hydroxylation sites is 6. The van der Waals surface area contributed by atoms with Crippen molar-refractivity contribution in [1.82, 2.24) is 9.55 Å². The highest BCUT2D eigenvalue weighted by Gasteiger charge is 2.21. The van der Waals surface area contributed by atoms with E-state index in [1.54, 1.807) is 0 Å². The highest BCUT2D eigenvalue weighted by Crippen LogP contribution is 2.43. The first-order chi connectivity index (χ1) is 31.3. The highest BCUT2D eigenvalue weighted by atomic mass is 15.1. The maximum Gasteiger partial charge on any atom is 0.0780 e. The second kappa shape index (κ2) is 16.4. The molecule has 0 unspecified atom stereocenters. The molecule has 4 heteroatoms. The number of nitrogens with zero attached hydrogens (tertiary/aromatic N) is 4. The molecule has 296 valence electrons. The molecule has 63 heavy (non-hydrogen) atoms. The van der Waals surface area contributed by atoms with Gasteiger partial charge in [0.25, 0.3) is 0 Å². The highest BCUT2D eigenvalue weighted by molar-refractivity contribution is 6.12. The molecule has 0 fully saturated rings. The van der Waals surface area contributed by atoms with Crippen molar-refractivity contribution in [3.05, 3.63) is 254 Å². The molecule has 2 aromatic heterocycles. The molecule has 0 bridgehead atoms. The quantitative estimate of drug-likeness (QED) is 0.143. The number of hydrogen-bond donors (Lipinski definition) is 0. The molecule has 0 amide bonds. The summed E-state index contributed by atoms with van der Waals surface area (Å²) < 4.78 is 2.38. The lowest BCUT2D eigenvalue weighted by Gasteiger charge is -2.26. The van der Waals surface area contributed by atoms with E-state index in [0.29, 0.717) is 0 Å². The Labute approximate surface area is 367 Å². The van der Waals surface area contributed by atoms with Gasteiger partial charge in [0.15, 0.2) is 0 Å². The number of pyridine rings is 1. The zero-order valence-corrected chi connectivity index (χ0v) is 34.4. The van der Waals surface area contributed by atoms with E-state index in [1.165, 1.54) is 0 Å². The van der Waals surface area contributed by atoms with Gasteiger partial charge >= 0.3 is 0 Å². The van der Waals surface area contributed by atoms with Gasteiger partial charge < -0.3 is 14.4 Å². The summed E-state index contributed by atoms with van der Waals surface area (Å²) in [5.41, 5.74) is 14.7. The van der Waals surface area contributed by atoms with Gasteiger partial charge in [0.2, 0.25) is 0 Å². The van der Waals surface area contributed by atoms with Crippen LogP contribution in [-0.2, 0) is 0 Å². The van der Waals surface area contributed by atoms with Gasteiger partial charge in [-0.15, -0.1) is 0 Å². The topological polar surface area (TPSA) is 24.3 Å². The number of fused-ring (bicyclic) bond motifs is 4. The number of rotatable bonds is 8. The molecule has 0 N–H and O–H groups in total. The molecule has 0 atom stereocenters. The first kappa shape index (κ1) is 37.4. The summed E-state index contributed by atoms with van der Waals surface area (Å²) in [5.74, 6) is 7.25. The molecule has 9 aromatic carbocycles. The van der Waals surface area contributed by atoms with Gasteiger partial charge in [-0.1, -0.05) is 139 Å². The largest absolute Gasteiger partial charge is 0.310 e. The van der Waals surface area contributed by atoms with E-state index in [9.17, 15) is 0 Å². The molecular weight excluding hydrogens is 765 g/mol. The van der Waals surface area contributed by atoms with Crippen molar-refractivity contribution in [3.63, 3.8) is 0 Å². The minimum Gasteiger partial charge on any atom is -0.310 e. The molecule has 0 saturated carbocycles. The Morgan fingerprint density at radius 3 is 1.35 bits per heavy atom. The third-order valence-corrected chi connectivity index (χ3v) is 11.6. The molecule has 0 spiro atoms. The summed E-state index contributed by atoms with van der Waals surface area (Å²) >= 11 is 0. The van der Waals surface area contributed by atoms with Crippen molar-refractivity contribution in [1.29, 1.82) is 0 Å². The van der Waals surface area contributed by atoms with Crippen LogP contribution in [0.15, 0.2) is 243 Å². The zero-order chi connectivity index (χ0) is 42.0. The fourth-order valence-electron chi connectivity index (χ4n) is 8.80. The maximum atomic E-state index is 4.77. The molecule has 0 aliphatic carbocycles. The van der Waals surface area contributed by atoms with E-state index in [1.807, 2.05) is 12.3 Å². The van der Waals surface area contributed by atoms with Crippen molar-refractivity contribution in [3.8, 4) is 28.7 Å². The fraction of sp³-hybridized carbons (Fsp3) is 0. The van der Waals surface area contributed by atoms with E-state index in [2.05, 4.69) is 257 Å². The SMILES string of the molecule is C(#Cc1ccccc1-n1c2ccc(N(c3ccccc3)c3ccccc3)cc2c2cc(N(c3ccccc3)c3ccccc3)ccc21)c1ccccc1-c1cccc2cccnc12. The van der Waals surface area contributed by atoms with Crippen LogP contribution < -0.4 is 9.80 Å². The van der Waals surface area contributed by atoms with Crippen LogP contribution in [-0.4, -0.2) is 9.55 Å². The van der Waals surface area contributed by atoms with E-state index in [-0.39, 0.29) is 0 Å². The Morgan fingerprint density at radius 2 is 0.794 bits per heavy atom. The van der Waals surface area contributed by atoms with Crippen LogP contribution in [0.1, 0.15) is 11.1 Å². The molecule has 0 aliphatic rings. The van der Waals surface area contributed by atoms with Crippen molar-refractivity contribution in [2.24, 2.45) is 0 Å². The fourth-order valence-corrected chi connectivity index (χ4v) is 8.80. The molecule has 0 saturated heterocycles. The summed E-state index contributed by atoms with van der Waals surface area (Å²) in [6.45, 7) is 0. The van der Waals surface area contributed by atoms with Crippen molar-refractivity contribution < 1.29 is 0 Å². The minimum atomic E-state index is 0.931. The van der Waals surface area contributed by atoms with Crippen LogP contribution in [0.4, 0.5) is 34.1 Å². The zero-order valence-electron chi connectivity index (χ0n) is 34.4. The van der Waals surface area contributed by atoms with Gasteiger partial charge in [0, 0.05) is 73.2 Å². The summed E-state index contributed by atoms with van der Waals surface area (Å²) in [7, 11) is 0. The second-order valence-electron chi connectivity index (χ2n) is 15.4. The lowest BCUT2D eigenvalue weighted by atomic mass is 9.97. The number of aromatic nitrogens is 2. The molecule has 11 rings (SSSR count). The first-order valence-electron chi connectivity index (χ1n) is 21.2. The van der Waals surface area contributed by atoms with E-state index in [4.69, 9.17) is 4.98 Å². The first-order valence-corrected chi connectivity index (χ1v) is 21.2. The average Bonchev–Trinajstić information content (AvgIpc) is 3.68. The van der Waals surface area contributed by atoms with Gasteiger partial charge in [-0.3, -0.25) is 4.98 Å². The van der Waals surface area contributed by atoms with E-state index < -0.39 is 0 Å². The molecule has 4 nitrogen and oxygen atoms in total. The van der Waals surface area contributed by atoms with Crippen LogP contribution in [0, 0.1) is 11.8 Å². The monoisotopic (exact) mass is 804 g/mol. The molecule has 2 heterocycles. The standard InChI is InChI=1S/C59H40N4/c1-5-23-46(24-6-1)61(47-25-7-2-8-26-47)50-36-38-57-54(41-50)55-42-51(62(48-27-9-3-10-28-48)49-29-11-4-12-30-49)37-39-58(55)63(57)56-33-16-14-20-44(56)35-34-43-19-13-15-31-52(43)53-32-17-21-45-22-18-40-60-59(45)53/h1-33,36-42H. The number of anilines is 6. The summed E-state index contributed by atoms with van der Waals surface area (Å²) in [4.78, 5) is 9.42. The van der Waals surface area contributed by atoms with E-state index >= 15 is 0 Å². The number of hydrogen-bond acceptors (Lipinski definition) is 3. The Balaban J connectivity index is 1.12. The van der Waals surface area contributed by atoms with E-state index in [0.717, 1.165) is 94.8 Å². The predicted octanol–water partition coefficient (Wildman–Crippen LogP) is 15.3. The molecular formula is C59H40N4. The molecule has 0 aliphatic heterocycles. The Bertz CT molecular complexity index is 3230. The molecule has 0 radical (unpaired) electrons. The van der Waals surface area contributed by atoms with Gasteiger partial charge in [-0.2, -0.15) is 0 Å². The Hall–Kier alpha value is -8.65. The summed E-state index contributed by atoms with van der Waals surface area (Å²) in [6, 6.07) is 83.4. The second-order valence-corrected chi connectivity index (χ2v) is 15.4. The van der Waals surface area contributed by atoms with Gasteiger partial charge in [0.05, 0.1) is 22.2 Å². The lowest BCUT2D eigenvalue weighted by Crippen LogP contribution is -2.09. The third-order valence-electron chi connectivity index (χ3n) is 11.6. The minimum absolute atomic E-state index is 0.931. The normalized spacial score (nSPS) is 11.0. The smallest absolute Gasteiger partial charge is 0.0780 e. The van der Waals surface area contributed by atoms with Crippen molar-refractivity contribution in [2.75, 3.05) is 9.80 Å². The number of benzene rings is 9. The molecule has 11 aromatic rings.